The summed E-state index contributed by atoms with van der Waals surface area (Å²) >= 11 is 1.20. The van der Waals surface area contributed by atoms with Gasteiger partial charge in [-0.05, 0) is 18.6 Å². The van der Waals surface area contributed by atoms with E-state index in [-0.39, 0.29) is 10.8 Å². The number of aryl methyl sites for hydroxylation is 1. The number of aliphatic hydroxyl groups excluding tert-OH is 2. The molecule has 1 heterocycles. The maximum atomic E-state index is 11.7. The lowest BCUT2D eigenvalue weighted by atomic mass is 10.4. The second-order valence-corrected chi connectivity index (χ2v) is 6.42. The van der Waals surface area contributed by atoms with E-state index in [1.54, 1.807) is 6.07 Å². The third-order valence-corrected chi connectivity index (χ3v) is 5.12. The minimum atomic E-state index is -3.56. The molecule has 5 nitrogen and oxygen atoms in total. The van der Waals surface area contributed by atoms with E-state index in [0.717, 1.165) is 11.3 Å². The van der Waals surface area contributed by atoms with Crippen LogP contribution in [0.5, 0.6) is 0 Å². The molecule has 92 valence electrons. The average molecular weight is 265 g/mol. The number of rotatable bonds is 6. The summed E-state index contributed by atoms with van der Waals surface area (Å²) in [5.74, 6) is 0. The van der Waals surface area contributed by atoms with Gasteiger partial charge in [0.1, 0.15) is 4.21 Å². The molecule has 1 aromatic heterocycles. The van der Waals surface area contributed by atoms with Crippen LogP contribution in [0.1, 0.15) is 11.8 Å². The zero-order valence-electron chi connectivity index (χ0n) is 8.88. The second-order valence-electron chi connectivity index (χ2n) is 3.26. The SMILES string of the molecule is CCc1ccc(S(=O)(=O)NCC(O)CO)s1. The lowest BCUT2D eigenvalue weighted by Crippen LogP contribution is -2.33. The Morgan fingerprint density at radius 2 is 2.19 bits per heavy atom. The molecule has 1 atom stereocenters. The number of nitrogens with one attached hydrogen (secondary N) is 1. The molecule has 0 aliphatic rings. The summed E-state index contributed by atoms with van der Waals surface area (Å²) in [5.41, 5.74) is 0. The van der Waals surface area contributed by atoms with Gasteiger partial charge in [-0.25, -0.2) is 13.1 Å². The Hall–Kier alpha value is -0.470. The van der Waals surface area contributed by atoms with Gasteiger partial charge in [-0.1, -0.05) is 6.92 Å². The molecule has 0 saturated carbocycles. The van der Waals surface area contributed by atoms with Crippen molar-refractivity contribution in [1.29, 1.82) is 0 Å². The Morgan fingerprint density at radius 1 is 1.50 bits per heavy atom. The highest BCUT2D eigenvalue weighted by atomic mass is 32.2. The van der Waals surface area contributed by atoms with Crippen molar-refractivity contribution in [2.24, 2.45) is 0 Å². The number of sulfonamides is 1. The van der Waals surface area contributed by atoms with Crippen LogP contribution in [0.25, 0.3) is 0 Å². The molecule has 0 radical (unpaired) electrons. The number of thiophene rings is 1. The maximum absolute atomic E-state index is 11.7. The molecule has 7 heteroatoms. The van der Waals surface area contributed by atoms with Gasteiger partial charge in [0, 0.05) is 11.4 Å². The summed E-state index contributed by atoms with van der Waals surface area (Å²) in [5, 5.41) is 17.6. The predicted octanol–water partition coefficient (Wildman–Crippen LogP) is -0.0580. The third kappa shape index (κ3) is 3.53. The molecule has 1 unspecified atom stereocenters. The molecule has 0 saturated heterocycles. The summed E-state index contributed by atoms with van der Waals surface area (Å²) in [4.78, 5) is 0.989. The normalized spacial score (nSPS) is 13.9. The lowest BCUT2D eigenvalue weighted by Gasteiger charge is -2.08. The van der Waals surface area contributed by atoms with Gasteiger partial charge in [-0.3, -0.25) is 0 Å². The van der Waals surface area contributed by atoms with Gasteiger partial charge in [-0.2, -0.15) is 0 Å². The van der Waals surface area contributed by atoms with Crippen molar-refractivity contribution in [1.82, 2.24) is 4.72 Å². The minimum absolute atomic E-state index is 0.182. The fourth-order valence-corrected chi connectivity index (χ4v) is 3.45. The van der Waals surface area contributed by atoms with E-state index >= 15 is 0 Å². The molecular formula is C9H15NO4S2. The molecular weight excluding hydrogens is 250 g/mol. The zero-order valence-corrected chi connectivity index (χ0v) is 10.5. The molecule has 1 rings (SSSR count). The Labute approximate surface area is 98.8 Å². The smallest absolute Gasteiger partial charge is 0.250 e. The van der Waals surface area contributed by atoms with Crippen molar-refractivity contribution in [2.45, 2.75) is 23.7 Å². The highest BCUT2D eigenvalue weighted by Crippen LogP contribution is 2.21. The largest absolute Gasteiger partial charge is 0.394 e. The molecule has 0 aromatic carbocycles. The van der Waals surface area contributed by atoms with Crippen molar-refractivity contribution in [3.63, 3.8) is 0 Å². The van der Waals surface area contributed by atoms with E-state index in [9.17, 15) is 8.42 Å². The molecule has 0 bridgehead atoms. The lowest BCUT2D eigenvalue weighted by molar-refractivity contribution is 0.0988. The first-order chi connectivity index (χ1) is 7.49. The van der Waals surface area contributed by atoms with Crippen LogP contribution in [0.4, 0.5) is 0 Å². The van der Waals surface area contributed by atoms with Crippen LogP contribution in [-0.2, 0) is 16.4 Å². The van der Waals surface area contributed by atoms with Crippen molar-refractivity contribution in [2.75, 3.05) is 13.2 Å². The van der Waals surface area contributed by atoms with Gasteiger partial charge in [-0.15, -0.1) is 11.3 Å². The fourth-order valence-electron chi connectivity index (χ4n) is 1.03. The first kappa shape index (κ1) is 13.6. The topological polar surface area (TPSA) is 86.6 Å². The second kappa shape index (κ2) is 5.74. The standard InChI is InChI=1S/C9H15NO4S2/c1-2-8-3-4-9(15-8)16(13,14)10-5-7(12)6-11/h3-4,7,10-12H,2,5-6H2,1H3. The fraction of sp³-hybridized carbons (Fsp3) is 0.556. The molecule has 16 heavy (non-hydrogen) atoms. The van der Waals surface area contributed by atoms with E-state index in [1.807, 2.05) is 6.92 Å². The summed E-state index contributed by atoms with van der Waals surface area (Å²) in [6, 6.07) is 3.30. The highest BCUT2D eigenvalue weighted by Gasteiger charge is 2.17. The molecule has 3 N–H and O–H groups in total. The van der Waals surface area contributed by atoms with Crippen LogP contribution in [0.15, 0.2) is 16.3 Å². The Balaban J connectivity index is 2.70. The van der Waals surface area contributed by atoms with Crippen LogP contribution in [-0.4, -0.2) is 37.9 Å². The third-order valence-electron chi connectivity index (χ3n) is 1.97. The Morgan fingerprint density at radius 3 is 2.69 bits per heavy atom. The predicted molar refractivity (Wildman–Crippen MR) is 62.0 cm³/mol. The molecule has 0 amide bonds. The van der Waals surface area contributed by atoms with Crippen LogP contribution in [0.2, 0.25) is 0 Å². The van der Waals surface area contributed by atoms with Crippen LogP contribution in [0, 0.1) is 0 Å². The summed E-state index contributed by atoms with van der Waals surface area (Å²) in [6.45, 7) is 1.30. The van der Waals surface area contributed by atoms with Gasteiger partial charge >= 0.3 is 0 Å². The molecule has 0 aliphatic heterocycles. The van der Waals surface area contributed by atoms with Crippen molar-refractivity contribution in [3.8, 4) is 0 Å². The van der Waals surface area contributed by atoms with Gasteiger partial charge in [0.25, 0.3) is 0 Å². The van der Waals surface area contributed by atoms with E-state index in [4.69, 9.17) is 10.2 Å². The van der Waals surface area contributed by atoms with E-state index in [1.165, 1.54) is 17.4 Å². The van der Waals surface area contributed by atoms with Gasteiger partial charge in [0.05, 0.1) is 12.7 Å². The Kier molecular flexibility index (Phi) is 4.88. The van der Waals surface area contributed by atoms with E-state index < -0.39 is 22.7 Å². The van der Waals surface area contributed by atoms with Crippen LogP contribution >= 0.6 is 11.3 Å². The van der Waals surface area contributed by atoms with Crippen LogP contribution in [0.3, 0.4) is 0 Å². The summed E-state index contributed by atoms with van der Waals surface area (Å²) < 4.78 is 25.8. The molecule has 0 aliphatic carbocycles. The molecule has 1 aromatic rings. The summed E-state index contributed by atoms with van der Waals surface area (Å²) in [7, 11) is -3.56. The van der Waals surface area contributed by atoms with Crippen molar-refractivity contribution >= 4 is 21.4 Å². The minimum Gasteiger partial charge on any atom is -0.394 e. The first-order valence-electron chi connectivity index (χ1n) is 4.87. The van der Waals surface area contributed by atoms with Gasteiger partial charge in [0.2, 0.25) is 10.0 Å². The monoisotopic (exact) mass is 265 g/mol. The van der Waals surface area contributed by atoms with E-state index in [2.05, 4.69) is 4.72 Å². The molecule has 0 spiro atoms. The highest BCUT2D eigenvalue weighted by molar-refractivity contribution is 7.91. The van der Waals surface area contributed by atoms with Gasteiger partial charge < -0.3 is 10.2 Å². The quantitative estimate of drug-likeness (QED) is 0.672. The molecule has 0 fully saturated rings. The summed E-state index contributed by atoms with van der Waals surface area (Å²) in [6.07, 6.45) is -0.278. The number of hydrogen-bond acceptors (Lipinski definition) is 5. The van der Waals surface area contributed by atoms with Gasteiger partial charge in [0.15, 0.2) is 0 Å². The van der Waals surface area contributed by atoms with Crippen LogP contribution < -0.4 is 4.72 Å². The number of hydrogen-bond donors (Lipinski definition) is 3. The first-order valence-corrected chi connectivity index (χ1v) is 7.17. The van der Waals surface area contributed by atoms with E-state index in [0.29, 0.717) is 0 Å². The zero-order chi connectivity index (χ0) is 12.2. The number of aliphatic hydroxyl groups is 2. The van der Waals surface area contributed by atoms with Crippen molar-refractivity contribution in [3.05, 3.63) is 17.0 Å². The Bertz CT molecular complexity index is 426. The van der Waals surface area contributed by atoms with Crippen molar-refractivity contribution < 1.29 is 18.6 Å². The average Bonchev–Trinajstić information content (AvgIpc) is 2.75. The maximum Gasteiger partial charge on any atom is 0.250 e.